The molecule has 5 rings (SSSR count). The highest BCUT2D eigenvalue weighted by molar-refractivity contribution is 5.93. The number of carbonyl (C=O) groups excluding carboxylic acids is 1. The second kappa shape index (κ2) is 10.2. The monoisotopic (exact) mass is 499 g/mol. The van der Waals surface area contributed by atoms with E-state index in [1.165, 1.54) is 25.7 Å². The number of piperidine rings is 1. The quantitative estimate of drug-likeness (QED) is 0.464. The zero-order chi connectivity index (χ0) is 25.6. The van der Waals surface area contributed by atoms with Crippen molar-refractivity contribution in [1.29, 1.82) is 0 Å². The Kier molecular flexibility index (Phi) is 7.30. The molecule has 1 aliphatic carbocycles. The Morgan fingerprint density at radius 3 is 2.64 bits per heavy atom. The third-order valence-corrected chi connectivity index (χ3v) is 10.2. The van der Waals surface area contributed by atoms with Crippen LogP contribution in [-0.4, -0.2) is 47.8 Å². The van der Waals surface area contributed by atoms with Gasteiger partial charge >= 0.3 is 5.97 Å². The molecule has 5 aliphatic rings. The molecule has 1 N–H and O–H groups in total. The number of fused-ring (bicyclic) bond motifs is 3. The van der Waals surface area contributed by atoms with Crippen molar-refractivity contribution >= 4 is 5.97 Å². The minimum atomic E-state index is -0.366. The Labute approximate surface area is 216 Å². The molecule has 6 nitrogen and oxygen atoms in total. The smallest absolute Gasteiger partial charge is 0.343 e. The van der Waals surface area contributed by atoms with Crippen molar-refractivity contribution in [1.82, 2.24) is 4.90 Å². The first-order chi connectivity index (χ1) is 17.3. The fraction of sp³-hybridized carbons (Fsp3) is 0.767. The van der Waals surface area contributed by atoms with Crippen molar-refractivity contribution in [2.45, 2.75) is 110 Å². The summed E-state index contributed by atoms with van der Waals surface area (Å²) in [5.74, 6) is 3.20. The summed E-state index contributed by atoms with van der Waals surface area (Å²) in [5, 5.41) is 11.5. The summed E-state index contributed by atoms with van der Waals surface area (Å²) in [5.41, 5.74) is 0.904. The van der Waals surface area contributed by atoms with Gasteiger partial charge in [-0.2, -0.15) is 0 Å². The van der Waals surface area contributed by atoms with E-state index in [9.17, 15) is 9.90 Å². The Hall–Kier alpha value is -1.79. The van der Waals surface area contributed by atoms with Crippen molar-refractivity contribution in [3.8, 4) is 0 Å². The van der Waals surface area contributed by atoms with E-state index in [4.69, 9.17) is 14.2 Å². The van der Waals surface area contributed by atoms with Crippen molar-refractivity contribution in [3.05, 3.63) is 34.7 Å². The van der Waals surface area contributed by atoms with Crippen molar-refractivity contribution < 1.29 is 24.1 Å². The van der Waals surface area contributed by atoms with Gasteiger partial charge in [0.1, 0.15) is 5.76 Å². The SMILES string of the molecule is COC1=C(C)C(=O)OC1=C1OC2=CCCN3C(C(O)CCC4(C(C)C)CCCC4)CCCC3C2C1C. The summed E-state index contributed by atoms with van der Waals surface area (Å²) in [6, 6.07) is 0.519. The van der Waals surface area contributed by atoms with Crippen molar-refractivity contribution in [3.63, 3.8) is 0 Å². The number of hydrogen-bond donors (Lipinski definition) is 1. The number of rotatable bonds is 6. The average Bonchev–Trinajstić information content (AvgIpc) is 3.51. The molecule has 0 aromatic heterocycles. The number of aliphatic hydroxyl groups is 1. The van der Waals surface area contributed by atoms with Gasteiger partial charge in [-0.15, -0.1) is 0 Å². The van der Waals surface area contributed by atoms with Crippen LogP contribution in [0.1, 0.15) is 91.9 Å². The lowest BCUT2D eigenvalue weighted by molar-refractivity contribution is -0.133. The first-order valence-corrected chi connectivity index (χ1v) is 14.3. The minimum Gasteiger partial charge on any atom is -0.492 e. The van der Waals surface area contributed by atoms with Crippen LogP contribution in [0.2, 0.25) is 0 Å². The lowest BCUT2D eigenvalue weighted by Gasteiger charge is -2.46. The topological polar surface area (TPSA) is 68.2 Å². The van der Waals surface area contributed by atoms with E-state index in [0.717, 1.165) is 50.8 Å². The zero-order valence-electron chi connectivity index (χ0n) is 22.8. The molecule has 0 amide bonds. The fourth-order valence-electron chi connectivity index (χ4n) is 7.96. The van der Waals surface area contributed by atoms with Crippen LogP contribution >= 0.6 is 0 Å². The second-order valence-electron chi connectivity index (χ2n) is 12.2. The summed E-state index contributed by atoms with van der Waals surface area (Å²) in [4.78, 5) is 14.9. The summed E-state index contributed by atoms with van der Waals surface area (Å²) in [6.45, 7) is 9.61. The van der Waals surface area contributed by atoms with Crippen LogP contribution in [0.5, 0.6) is 0 Å². The largest absolute Gasteiger partial charge is 0.492 e. The lowest BCUT2D eigenvalue weighted by atomic mass is 9.71. The van der Waals surface area contributed by atoms with E-state index < -0.39 is 0 Å². The van der Waals surface area contributed by atoms with Gasteiger partial charge in [-0.25, -0.2) is 4.79 Å². The standard InChI is InChI=1S/C30H45NO5/c1-18(2)30(14-6-7-15-30)16-13-23(32)21-10-8-11-22-25-19(3)27(35-24(25)12-9-17-31(21)22)28-26(34-5)20(4)29(33)36-28/h12,18-19,21-23,25,32H,6-11,13-17H2,1-5H3. The number of nitrogens with zero attached hydrogens (tertiary/aromatic N) is 1. The van der Waals surface area contributed by atoms with Gasteiger partial charge in [0.2, 0.25) is 5.76 Å². The lowest BCUT2D eigenvalue weighted by Crippen LogP contribution is -2.54. The molecule has 5 atom stereocenters. The Morgan fingerprint density at radius 2 is 1.94 bits per heavy atom. The van der Waals surface area contributed by atoms with Gasteiger partial charge in [0.05, 0.1) is 18.8 Å². The first-order valence-electron chi connectivity index (χ1n) is 14.3. The van der Waals surface area contributed by atoms with Crippen LogP contribution in [-0.2, 0) is 19.0 Å². The number of allylic oxidation sites excluding steroid dienone is 1. The Morgan fingerprint density at radius 1 is 1.19 bits per heavy atom. The summed E-state index contributed by atoms with van der Waals surface area (Å²) >= 11 is 0. The van der Waals surface area contributed by atoms with Crippen LogP contribution in [0.25, 0.3) is 0 Å². The molecule has 4 aliphatic heterocycles. The maximum absolute atomic E-state index is 12.3. The van der Waals surface area contributed by atoms with Gasteiger partial charge < -0.3 is 19.3 Å². The number of carbonyl (C=O) groups is 1. The van der Waals surface area contributed by atoms with E-state index in [2.05, 4.69) is 31.7 Å². The highest BCUT2D eigenvalue weighted by Crippen LogP contribution is 2.51. The molecule has 2 saturated heterocycles. The van der Waals surface area contributed by atoms with Crippen LogP contribution in [0.15, 0.2) is 34.7 Å². The normalized spacial score (nSPS) is 35.2. The van der Waals surface area contributed by atoms with Crippen LogP contribution in [0.3, 0.4) is 0 Å². The number of cyclic esters (lactones) is 1. The van der Waals surface area contributed by atoms with Gasteiger partial charge in [0.15, 0.2) is 11.5 Å². The number of hydrogen-bond acceptors (Lipinski definition) is 6. The minimum absolute atomic E-state index is 0.0688. The number of ether oxygens (including phenoxy) is 3. The summed E-state index contributed by atoms with van der Waals surface area (Å²) < 4.78 is 17.6. The molecule has 1 saturated carbocycles. The molecule has 6 heteroatoms. The molecule has 0 spiro atoms. The van der Waals surface area contributed by atoms with Crippen molar-refractivity contribution in [2.75, 3.05) is 13.7 Å². The predicted octanol–water partition coefficient (Wildman–Crippen LogP) is 5.83. The number of methoxy groups -OCH3 is 1. The number of aliphatic hydroxyl groups excluding tert-OH is 1. The summed E-state index contributed by atoms with van der Waals surface area (Å²) in [6.07, 6.45) is 13.5. The van der Waals surface area contributed by atoms with Crippen LogP contribution in [0, 0.1) is 23.2 Å². The van der Waals surface area contributed by atoms with Crippen LogP contribution < -0.4 is 0 Å². The molecule has 0 aromatic rings. The van der Waals surface area contributed by atoms with Crippen molar-refractivity contribution in [2.24, 2.45) is 23.2 Å². The molecular formula is C30H45NO5. The summed E-state index contributed by atoms with van der Waals surface area (Å²) in [7, 11) is 1.57. The molecule has 0 bridgehead atoms. The predicted molar refractivity (Wildman–Crippen MR) is 138 cm³/mol. The molecule has 200 valence electrons. The van der Waals surface area contributed by atoms with Gasteiger partial charge in [-0.1, -0.05) is 40.0 Å². The molecule has 5 unspecified atom stereocenters. The molecule has 4 heterocycles. The molecular weight excluding hydrogens is 454 g/mol. The third-order valence-electron chi connectivity index (χ3n) is 10.2. The average molecular weight is 500 g/mol. The van der Waals surface area contributed by atoms with Gasteiger partial charge in [0, 0.05) is 30.5 Å². The van der Waals surface area contributed by atoms with E-state index >= 15 is 0 Å². The van der Waals surface area contributed by atoms with Gasteiger partial charge in [-0.05, 0) is 69.3 Å². The maximum atomic E-state index is 12.3. The third kappa shape index (κ3) is 4.32. The van der Waals surface area contributed by atoms with Crippen LogP contribution in [0.4, 0.5) is 0 Å². The van der Waals surface area contributed by atoms with E-state index in [-0.39, 0.29) is 30.0 Å². The Balaban J connectivity index is 1.35. The highest BCUT2D eigenvalue weighted by Gasteiger charge is 2.50. The number of esters is 1. The fourth-order valence-corrected chi connectivity index (χ4v) is 7.96. The molecule has 3 fully saturated rings. The second-order valence-corrected chi connectivity index (χ2v) is 12.2. The Bertz CT molecular complexity index is 956. The molecule has 0 aromatic carbocycles. The van der Waals surface area contributed by atoms with Gasteiger partial charge in [-0.3, -0.25) is 4.90 Å². The molecule has 0 radical (unpaired) electrons. The first kappa shape index (κ1) is 25.8. The zero-order valence-corrected chi connectivity index (χ0v) is 22.8. The van der Waals surface area contributed by atoms with E-state index in [1.807, 2.05) is 0 Å². The van der Waals surface area contributed by atoms with E-state index in [0.29, 0.717) is 40.2 Å². The molecule has 36 heavy (non-hydrogen) atoms. The van der Waals surface area contributed by atoms with E-state index in [1.54, 1.807) is 14.0 Å². The van der Waals surface area contributed by atoms with Gasteiger partial charge in [0.25, 0.3) is 0 Å². The maximum Gasteiger partial charge on any atom is 0.343 e. The highest BCUT2D eigenvalue weighted by atomic mass is 16.6.